The first kappa shape index (κ1) is 22.0. The van der Waals surface area contributed by atoms with Crippen molar-refractivity contribution in [3.63, 3.8) is 0 Å². The number of carbonyl (C=O) groups is 2. The van der Waals surface area contributed by atoms with Gasteiger partial charge in [0.15, 0.2) is 0 Å². The van der Waals surface area contributed by atoms with Crippen molar-refractivity contribution in [3.8, 4) is 5.75 Å². The van der Waals surface area contributed by atoms with Gasteiger partial charge >= 0.3 is 0 Å². The van der Waals surface area contributed by atoms with Crippen LogP contribution < -0.4 is 10.2 Å². The predicted molar refractivity (Wildman–Crippen MR) is 115 cm³/mol. The minimum absolute atomic E-state index is 0.391. The van der Waals surface area contributed by atoms with Crippen LogP contribution in [-0.4, -0.2) is 43.0 Å². The third-order valence-corrected chi connectivity index (χ3v) is 6.06. The van der Waals surface area contributed by atoms with Gasteiger partial charge in [-0.05, 0) is 86.7 Å². The largest absolute Gasteiger partial charge is 0.497 e. The molecule has 0 aromatic heterocycles. The summed E-state index contributed by atoms with van der Waals surface area (Å²) in [6.45, 7) is 1.72. The number of nitrogens with one attached hydrogen (secondary N) is 1. The number of fused-ring (bicyclic) bond motifs is 1. The summed E-state index contributed by atoms with van der Waals surface area (Å²) < 4.78 is 5.29. The molecule has 0 saturated carbocycles. The highest BCUT2D eigenvalue weighted by atomic mass is 16.5. The van der Waals surface area contributed by atoms with Crippen LogP contribution in [0.15, 0.2) is 42.5 Å². The van der Waals surface area contributed by atoms with Crippen molar-refractivity contribution in [3.05, 3.63) is 64.7 Å². The van der Waals surface area contributed by atoms with Crippen molar-refractivity contribution in [1.82, 2.24) is 10.4 Å². The third kappa shape index (κ3) is 5.26. The Hall–Kier alpha value is -2.70. The van der Waals surface area contributed by atoms with Gasteiger partial charge in [-0.25, -0.2) is 5.48 Å². The number of benzene rings is 2. The van der Waals surface area contributed by atoms with Crippen molar-refractivity contribution in [2.24, 2.45) is 5.41 Å². The van der Waals surface area contributed by atoms with Crippen LogP contribution in [0.1, 0.15) is 46.3 Å². The van der Waals surface area contributed by atoms with E-state index in [9.17, 15) is 9.59 Å². The molecule has 0 saturated heterocycles. The fraction of sp³-hybridized carbons (Fsp3) is 0.417. The zero-order chi connectivity index (χ0) is 21.6. The molecule has 1 atom stereocenters. The zero-order valence-corrected chi connectivity index (χ0v) is 17.7. The second kappa shape index (κ2) is 9.87. The Morgan fingerprint density at radius 2 is 2.10 bits per heavy atom. The lowest BCUT2D eigenvalue weighted by Gasteiger charge is -2.34. The first-order valence-corrected chi connectivity index (χ1v) is 10.3. The van der Waals surface area contributed by atoms with Crippen LogP contribution in [0.25, 0.3) is 0 Å². The number of ether oxygens (including phenoxy) is 1. The summed E-state index contributed by atoms with van der Waals surface area (Å²) in [5.41, 5.74) is 5.10. The van der Waals surface area contributed by atoms with E-state index in [4.69, 9.17) is 9.94 Å². The number of hydroxylamine groups is 1. The van der Waals surface area contributed by atoms with E-state index in [0.29, 0.717) is 12.0 Å². The topological polar surface area (TPSA) is 78.9 Å². The molecule has 30 heavy (non-hydrogen) atoms. The summed E-state index contributed by atoms with van der Waals surface area (Å²) in [6.07, 6.45) is 5.14. The van der Waals surface area contributed by atoms with Crippen molar-refractivity contribution >= 4 is 12.2 Å². The number of carbonyl (C=O) groups excluding carboxylic acids is 2. The van der Waals surface area contributed by atoms with Gasteiger partial charge in [0.2, 0.25) is 0 Å². The molecule has 1 amide bonds. The standard InChI is InChI=1S/C24H30N2O4/c1-26(16-18-5-3-6-22(13-18)30-2)12-4-10-24(17-27)11-9-19-7-8-20(23(28)25-29)14-21(19)15-24/h3,5-8,13-14,17,29H,4,9-12,15-16H2,1-2H3,(H,25,28)/t24-/m1/s1. The van der Waals surface area contributed by atoms with Gasteiger partial charge in [-0.2, -0.15) is 0 Å². The molecular formula is C24H30N2O4. The van der Waals surface area contributed by atoms with Gasteiger partial charge < -0.3 is 14.4 Å². The number of hydrogen-bond acceptors (Lipinski definition) is 5. The molecule has 0 bridgehead atoms. The summed E-state index contributed by atoms with van der Waals surface area (Å²) >= 11 is 0. The first-order valence-electron chi connectivity index (χ1n) is 10.3. The highest BCUT2D eigenvalue weighted by Crippen LogP contribution is 2.38. The SMILES string of the molecule is COc1cccc(CN(C)CCC[C@@]2(C=O)CCc3ccc(C(=O)NO)cc3C2)c1. The van der Waals surface area contributed by atoms with E-state index in [-0.39, 0.29) is 0 Å². The van der Waals surface area contributed by atoms with Gasteiger partial charge in [-0.3, -0.25) is 10.0 Å². The van der Waals surface area contributed by atoms with Gasteiger partial charge in [0, 0.05) is 17.5 Å². The maximum Gasteiger partial charge on any atom is 0.274 e. The highest BCUT2D eigenvalue weighted by Gasteiger charge is 2.34. The van der Waals surface area contributed by atoms with Crippen molar-refractivity contribution in [2.75, 3.05) is 20.7 Å². The maximum absolute atomic E-state index is 12.1. The van der Waals surface area contributed by atoms with Gasteiger partial charge in [0.05, 0.1) is 7.11 Å². The van der Waals surface area contributed by atoms with Crippen LogP contribution in [0.2, 0.25) is 0 Å². The molecule has 0 fully saturated rings. The van der Waals surface area contributed by atoms with Crippen LogP contribution in [0, 0.1) is 5.41 Å². The molecule has 1 aliphatic rings. The number of methoxy groups -OCH3 is 1. The van der Waals surface area contributed by atoms with E-state index >= 15 is 0 Å². The summed E-state index contributed by atoms with van der Waals surface area (Å²) in [6, 6.07) is 13.5. The fourth-order valence-electron chi connectivity index (χ4n) is 4.33. The van der Waals surface area contributed by atoms with Crippen LogP contribution in [0.4, 0.5) is 0 Å². The highest BCUT2D eigenvalue weighted by molar-refractivity contribution is 5.93. The molecule has 2 aromatic rings. The molecule has 0 radical (unpaired) electrons. The van der Waals surface area contributed by atoms with Crippen LogP contribution in [-0.2, 0) is 24.2 Å². The molecule has 0 heterocycles. The van der Waals surface area contributed by atoms with Gasteiger partial charge in [-0.15, -0.1) is 0 Å². The van der Waals surface area contributed by atoms with E-state index in [1.807, 2.05) is 24.3 Å². The minimum atomic E-state index is -0.528. The predicted octanol–water partition coefficient (Wildman–Crippen LogP) is 3.40. The van der Waals surface area contributed by atoms with Gasteiger partial charge in [0.25, 0.3) is 5.91 Å². The smallest absolute Gasteiger partial charge is 0.274 e. The Balaban J connectivity index is 1.58. The minimum Gasteiger partial charge on any atom is -0.497 e. The number of hydrogen-bond donors (Lipinski definition) is 2. The summed E-state index contributed by atoms with van der Waals surface area (Å²) in [7, 11) is 3.76. The zero-order valence-electron chi connectivity index (χ0n) is 17.7. The third-order valence-electron chi connectivity index (χ3n) is 6.06. The Bertz CT molecular complexity index is 899. The first-order chi connectivity index (χ1) is 14.5. The second-order valence-electron chi connectivity index (χ2n) is 8.27. The molecule has 3 rings (SSSR count). The number of aldehydes is 1. The molecule has 2 aromatic carbocycles. The molecular weight excluding hydrogens is 380 g/mol. The molecule has 0 unspecified atom stereocenters. The fourth-order valence-corrected chi connectivity index (χ4v) is 4.33. The van der Waals surface area contributed by atoms with Gasteiger partial charge in [0.1, 0.15) is 12.0 Å². The van der Waals surface area contributed by atoms with E-state index in [0.717, 1.165) is 56.4 Å². The molecule has 160 valence electrons. The molecule has 6 heteroatoms. The van der Waals surface area contributed by atoms with Crippen LogP contribution in [0.3, 0.4) is 0 Å². The number of amides is 1. The lowest BCUT2D eigenvalue weighted by atomic mass is 9.69. The average molecular weight is 411 g/mol. The Kier molecular flexibility index (Phi) is 7.24. The molecule has 1 aliphatic carbocycles. The molecule has 2 N–H and O–H groups in total. The Labute approximate surface area is 177 Å². The van der Waals surface area contributed by atoms with Crippen LogP contribution in [0.5, 0.6) is 5.75 Å². The lowest BCUT2D eigenvalue weighted by Crippen LogP contribution is -2.32. The molecule has 0 aliphatic heterocycles. The lowest BCUT2D eigenvalue weighted by molar-refractivity contribution is -0.117. The normalized spacial score (nSPS) is 18.0. The summed E-state index contributed by atoms with van der Waals surface area (Å²) in [5.74, 6) is 0.329. The van der Waals surface area contributed by atoms with E-state index in [2.05, 4.69) is 18.0 Å². The molecule has 0 spiro atoms. The Morgan fingerprint density at radius 1 is 1.27 bits per heavy atom. The maximum atomic E-state index is 12.1. The van der Waals surface area contributed by atoms with Gasteiger partial charge in [-0.1, -0.05) is 18.2 Å². The van der Waals surface area contributed by atoms with E-state index in [1.165, 1.54) is 11.1 Å². The monoisotopic (exact) mass is 410 g/mol. The number of aryl methyl sites for hydroxylation is 1. The van der Waals surface area contributed by atoms with E-state index < -0.39 is 11.3 Å². The Morgan fingerprint density at radius 3 is 2.83 bits per heavy atom. The number of rotatable bonds is 9. The summed E-state index contributed by atoms with van der Waals surface area (Å²) in [4.78, 5) is 26.0. The average Bonchev–Trinajstić information content (AvgIpc) is 2.78. The van der Waals surface area contributed by atoms with Crippen molar-refractivity contribution in [2.45, 2.75) is 38.6 Å². The second-order valence-corrected chi connectivity index (χ2v) is 8.27. The quantitative estimate of drug-likeness (QED) is 0.376. The van der Waals surface area contributed by atoms with Crippen molar-refractivity contribution in [1.29, 1.82) is 0 Å². The summed E-state index contributed by atoms with van der Waals surface area (Å²) in [5, 5.41) is 8.88. The van der Waals surface area contributed by atoms with Crippen molar-refractivity contribution < 1.29 is 19.5 Å². The van der Waals surface area contributed by atoms with Crippen LogP contribution >= 0.6 is 0 Å². The number of nitrogens with zero attached hydrogens (tertiary/aromatic N) is 1. The van der Waals surface area contributed by atoms with E-state index in [1.54, 1.807) is 24.7 Å². The molecule has 6 nitrogen and oxygen atoms in total.